The van der Waals surface area contributed by atoms with Gasteiger partial charge in [-0.2, -0.15) is 0 Å². The van der Waals surface area contributed by atoms with Gasteiger partial charge in [0, 0.05) is 17.1 Å². The lowest BCUT2D eigenvalue weighted by molar-refractivity contribution is 1.26. The summed E-state index contributed by atoms with van der Waals surface area (Å²) in [7, 11) is 0. The van der Waals surface area contributed by atoms with Gasteiger partial charge in [0.2, 0.25) is 0 Å². The zero-order chi connectivity index (χ0) is 37.3. The molecule has 1 aliphatic rings. The number of nitrogens with zero attached hydrogens (tertiary/aromatic N) is 1. The number of benzene rings is 9. The van der Waals surface area contributed by atoms with E-state index in [1.54, 1.807) is 0 Å². The number of hydrogen-bond acceptors (Lipinski definition) is 1. The average molecular weight is 714 g/mol. The maximum absolute atomic E-state index is 2.36. The number of hydrogen-bond donors (Lipinski definition) is 0. The molecule has 0 saturated carbocycles. The Morgan fingerprint density at radius 1 is 0.250 bits per heavy atom. The fourth-order valence-corrected chi connectivity index (χ4v) is 8.35. The van der Waals surface area contributed by atoms with E-state index < -0.39 is 0 Å². The minimum Gasteiger partial charge on any atom is -0.311 e. The molecule has 56 heavy (non-hydrogen) atoms. The summed E-state index contributed by atoms with van der Waals surface area (Å²) in [6.45, 7) is 0. The Hall–Kier alpha value is -7.22. The zero-order valence-electron chi connectivity index (χ0n) is 31.0. The van der Waals surface area contributed by atoms with Crippen molar-refractivity contribution in [3.63, 3.8) is 0 Å². The second-order valence-electron chi connectivity index (χ2n) is 14.5. The maximum Gasteiger partial charge on any atom is 0.0462 e. The molecule has 10 rings (SSSR count). The van der Waals surface area contributed by atoms with E-state index in [1.165, 1.54) is 77.9 Å². The van der Waals surface area contributed by atoms with Crippen molar-refractivity contribution in [2.75, 3.05) is 4.90 Å². The molecule has 1 aliphatic carbocycles. The molecule has 0 unspecified atom stereocenters. The van der Waals surface area contributed by atoms with E-state index >= 15 is 0 Å². The van der Waals surface area contributed by atoms with Crippen LogP contribution in [0.3, 0.4) is 0 Å². The molecule has 9 aromatic rings. The van der Waals surface area contributed by atoms with Crippen LogP contribution in [0.15, 0.2) is 224 Å². The molecule has 0 saturated heterocycles. The van der Waals surface area contributed by atoms with Crippen LogP contribution >= 0.6 is 0 Å². The molecule has 1 nitrogen and oxygen atoms in total. The summed E-state index contributed by atoms with van der Waals surface area (Å²) in [5, 5.41) is 0. The molecule has 1 heteroatoms. The van der Waals surface area contributed by atoms with E-state index in [9.17, 15) is 0 Å². The molecule has 0 heterocycles. The number of fused-ring (bicyclic) bond motifs is 3. The van der Waals surface area contributed by atoms with Crippen molar-refractivity contribution in [1.82, 2.24) is 0 Å². The second-order valence-corrected chi connectivity index (χ2v) is 14.5. The third kappa shape index (κ3) is 6.30. The first kappa shape index (κ1) is 33.4. The van der Waals surface area contributed by atoms with Gasteiger partial charge in [0.05, 0.1) is 0 Å². The van der Waals surface area contributed by atoms with Crippen LogP contribution in [0, 0.1) is 0 Å². The third-order valence-electron chi connectivity index (χ3n) is 11.2. The Bertz CT molecular complexity index is 2750. The van der Waals surface area contributed by atoms with Crippen LogP contribution in [-0.2, 0) is 6.42 Å². The molecule has 0 amide bonds. The summed E-state index contributed by atoms with van der Waals surface area (Å²) >= 11 is 0. The van der Waals surface area contributed by atoms with Crippen LogP contribution in [0.1, 0.15) is 11.1 Å². The molecule has 0 aromatic heterocycles. The van der Waals surface area contributed by atoms with Gasteiger partial charge in [-0.3, -0.25) is 0 Å². The summed E-state index contributed by atoms with van der Waals surface area (Å²) in [6.07, 6.45) is 0.946. The first-order valence-electron chi connectivity index (χ1n) is 19.4. The van der Waals surface area contributed by atoms with Crippen molar-refractivity contribution in [1.29, 1.82) is 0 Å². The lowest BCUT2D eigenvalue weighted by Gasteiger charge is -2.26. The van der Waals surface area contributed by atoms with Crippen LogP contribution < -0.4 is 4.90 Å². The number of rotatable bonds is 8. The predicted molar refractivity (Wildman–Crippen MR) is 237 cm³/mol. The van der Waals surface area contributed by atoms with Gasteiger partial charge in [-0.25, -0.2) is 0 Å². The molecule has 9 aromatic carbocycles. The van der Waals surface area contributed by atoms with Crippen LogP contribution in [0.4, 0.5) is 17.1 Å². The van der Waals surface area contributed by atoms with Crippen LogP contribution in [0.2, 0.25) is 0 Å². The quantitative estimate of drug-likeness (QED) is 0.152. The van der Waals surface area contributed by atoms with Crippen molar-refractivity contribution in [3.8, 4) is 66.8 Å². The van der Waals surface area contributed by atoms with Crippen molar-refractivity contribution in [3.05, 3.63) is 236 Å². The van der Waals surface area contributed by atoms with Crippen LogP contribution in [0.5, 0.6) is 0 Å². The molecule has 0 atom stereocenters. The Kier molecular flexibility index (Phi) is 8.67. The maximum atomic E-state index is 2.36. The van der Waals surface area contributed by atoms with Crippen molar-refractivity contribution < 1.29 is 0 Å². The highest BCUT2D eigenvalue weighted by molar-refractivity contribution is 5.94. The van der Waals surface area contributed by atoms with Crippen molar-refractivity contribution in [2.24, 2.45) is 0 Å². The minimum atomic E-state index is 0.946. The zero-order valence-corrected chi connectivity index (χ0v) is 31.0. The fourth-order valence-electron chi connectivity index (χ4n) is 8.35. The summed E-state index contributed by atoms with van der Waals surface area (Å²) in [5.74, 6) is 0. The highest BCUT2D eigenvalue weighted by atomic mass is 15.1. The highest BCUT2D eigenvalue weighted by Crippen LogP contribution is 2.46. The first-order valence-corrected chi connectivity index (χ1v) is 19.4. The van der Waals surface area contributed by atoms with Gasteiger partial charge in [-0.05, 0) is 121 Å². The van der Waals surface area contributed by atoms with Gasteiger partial charge < -0.3 is 4.90 Å². The van der Waals surface area contributed by atoms with Crippen molar-refractivity contribution in [2.45, 2.75) is 6.42 Å². The van der Waals surface area contributed by atoms with E-state index in [2.05, 4.69) is 229 Å². The van der Waals surface area contributed by atoms with Crippen LogP contribution in [-0.4, -0.2) is 0 Å². The molecule has 0 radical (unpaired) electrons. The molecule has 0 N–H and O–H groups in total. The fraction of sp³-hybridized carbons (Fsp3) is 0.0182. The van der Waals surface area contributed by atoms with Gasteiger partial charge >= 0.3 is 0 Å². The lowest BCUT2D eigenvalue weighted by Crippen LogP contribution is -2.09. The smallest absolute Gasteiger partial charge is 0.0462 e. The lowest BCUT2D eigenvalue weighted by atomic mass is 9.88. The predicted octanol–water partition coefficient (Wildman–Crippen LogP) is 15.1. The van der Waals surface area contributed by atoms with Gasteiger partial charge in [0.25, 0.3) is 0 Å². The number of anilines is 3. The van der Waals surface area contributed by atoms with Gasteiger partial charge in [-0.1, -0.05) is 188 Å². The molecule has 264 valence electrons. The standard InChI is InChI=1S/C55H39N/c1-4-12-39(13-5-1)41-20-22-42(23-21-41)44-26-32-49(33-27-44)56(48-30-24-43(25-31-48)40-14-6-2-7-15-40)50-34-28-45(29-35-50)52-36-37-53-51-19-11-10-18-47(51)38-54(53)55(52)46-16-8-3-9-17-46/h1-37H,38H2. The minimum absolute atomic E-state index is 0.946. The summed E-state index contributed by atoms with van der Waals surface area (Å²) in [5.41, 5.74) is 21.1. The Morgan fingerprint density at radius 3 is 1.09 bits per heavy atom. The molecule has 0 aliphatic heterocycles. The van der Waals surface area contributed by atoms with E-state index in [-0.39, 0.29) is 0 Å². The summed E-state index contributed by atoms with van der Waals surface area (Å²) < 4.78 is 0. The topological polar surface area (TPSA) is 3.24 Å². The molecular weight excluding hydrogens is 675 g/mol. The van der Waals surface area contributed by atoms with E-state index in [1.807, 2.05) is 0 Å². The van der Waals surface area contributed by atoms with E-state index in [0.717, 1.165) is 23.5 Å². The Balaban J connectivity index is 1.02. The first-order chi connectivity index (χ1) is 27.8. The van der Waals surface area contributed by atoms with Gasteiger partial charge in [0.15, 0.2) is 0 Å². The highest BCUT2D eigenvalue weighted by Gasteiger charge is 2.24. The molecular formula is C55H39N. The van der Waals surface area contributed by atoms with Gasteiger partial charge in [0.1, 0.15) is 0 Å². The normalized spacial score (nSPS) is 11.5. The Labute approximate surface area is 329 Å². The monoisotopic (exact) mass is 713 g/mol. The Morgan fingerprint density at radius 2 is 0.607 bits per heavy atom. The van der Waals surface area contributed by atoms with E-state index in [4.69, 9.17) is 0 Å². The third-order valence-corrected chi connectivity index (χ3v) is 11.2. The van der Waals surface area contributed by atoms with Crippen LogP contribution in [0.25, 0.3) is 66.8 Å². The molecule has 0 fully saturated rings. The largest absolute Gasteiger partial charge is 0.311 e. The van der Waals surface area contributed by atoms with Crippen molar-refractivity contribution >= 4 is 17.1 Å². The van der Waals surface area contributed by atoms with Gasteiger partial charge in [-0.15, -0.1) is 0 Å². The summed E-state index contributed by atoms with van der Waals surface area (Å²) in [6, 6.07) is 81.4. The SMILES string of the molecule is c1ccc(-c2ccc(-c3ccc(N(c4ccc(-c5ccccc5)cc4)c4ccc(-c5ccc6c(c5-c5ccccc5)Cc5ccccc5-6)cc4)cc3)cc2)cc1. The average Bonchev–Trinajstić information content (AvgIpc) is 3.67. The summed E-state index contributed by atoms with van der Waals surface area (Å²) in [4.78, 5) is 2.36. The second kappa shape index (κ2) is 14.5. The van der Waals surface area contributed by atoms with E-state index in [0.29, 0.717) is 0 Å². The molecule has 0 spiro atoms. The molecule has 0 bridgehead atoms.